The molecule has 4 aliphatic heterocycles. The number of hydrogen-bond acceptors (Lipinski definition) is 4. The minimum atomic E-state index is -0.0796. The predicted octanol–water partition coefficient (Wildman–Crippen LogP) is 19.4. The molecule has 0 N–H and O–H groups in total. The molecule has 0 unspecified atom stereocenters. The fraction of sp³-hybridized carbons (Fsp3) is 0. The molecule has 0 fully saturated rings. The summed E-state index contributed by atoms with van der Waals surface area (Å²) in [4.78, 5) is 5.23. The van der Waals surface area contributed by atoms with Crippen molar-refractivity contribution < 1.29 is 0 Å². The van der Waals surface area contributed by atoms with Gasteiger partial charge in [0.1, 0.15) is 0 Å². The van der Waals surface area contributed by atoms with E-state index in [1.54, 1.807) is 0 Å². The molecule has 0 radical (unpaired) electrons. The molecule has 0 aliphatic carbocycles. The quantitative estimate of drug-likeness (QED) is 0.164. The molecule has 8 heterocycles. The Bertz CT molecular complexity index is 6260. The van der Waals surface area contributed by atoms with E-state index in [2.05, 4.69) is 284 Å². The normalized spacial score (nSPS) is 13.6. The SMILES string of the molecule is c1ccc2cc(N3c4ccc5ccccc5c4B4c5c(cc6sccc6c53)-c3cc(-c5ccc6ccc(N7c8cc9ccccc9cc8B8c9c(cc%10sccc%10c97)-c7cccc9c%10ccccc%10n8c79)cc6c5)cc5c6ccccc6n4c35)ccc2c1. The molecule has 0 amide bonds. The van der Waals surface area contributed by atoms with Gasteiger partial charge in [0.25, 0.3) is 0 Å². The standard InChI is InChI=1S/C80H44B2N4S2/c1-2-14-48-37-54(29-26-45(48)12-1)83-70-31-28-47-13-5-6-17-56(47)74(70)82-76-64(44-73-62(80(76)83)33-35-88-73)66-40-53(39-65-58-19-8-10-23-69(58)86(82)78(65)66)51-25-24-46-27-30-55(38-52(46)36-51)84-71-42-50-16-4-3-15-49(50)41-67(71)81-75-63(43-72-61(79(75)84)32-34-87-72)60-21-11-20-59-57-18-7-9-22-68(57)85(81)77(59)60/h1-44H. The average Bonchev–Trinajstić information content (AvgIpc) is 1.34. The van der Waals surface area contributed by atoms with Gasteiger partial charge in [-0.3, -0.25) is 0 Å². The molecular weight excluding hydrogens is 1100 g/mol. The van der Waals surface area contributed by atoms with Crippen LogP contribution in [0.4, 0.5) is 34.1 Å². The van der Waals surface area contributed by atoms with E-state index in [-0.39, 0.29) is 13.7 Å². The van der Waals surface area contributed by atoms with Crippen LogP contribution in [0, 0.1) is 0 Å². The van der Waals surface area contributed by atoms with Crippen molar-refractivity contribution in [2.45, 2.75) is 0 Å². The number of para-hydroxylation sites is 3. The zero-order chi connectivity index (χ0) is 56.8. The van der Waals surface area contributed by atoms with Crippen LogP contribution in [0.15, 0.2) is 266 Å². The number of hydrogen-bond donors (Lipinski definition) is 0. The Balaban J connectivity index is 0.784. The third-order valence-corrected chi connectivity index (χ3v) is 22.2. The second-order valence-electron chi connectivity index (χ2n) is 24.7. The lowest BCUT2D eigenvalue weighted by Gasteiger charge is -2.41. The van der Waals surface area contributed by atoms with E-state index >= 15 is 0 Å². The van der Waals surface area contributed by atoms with Gasteiger partial charge in [0.15, 0.2) is 0 Å². The maximum absolute atomic E-state index is 2.72. The van der Waals surface area contributed by atoms with E-state index in [0.29, 0.717) is 0 Å². The number of benzene rings is 14. The summed E-state index contributed by atoms with van der Waals surface area (Å²) in [5.74, 6) is 0. The summed E-state index contributed by atoms with van der Waals surface area (Å²) in [6, 6.07) is 97.8. The first-order chi connectivity index (χ1) is 43.6. The minimum absolute atomic E-state index is 0.0336. The van der Waals surface area contributed by atoms with Gasteiger partial charge in [-0.25, -0.2) is 0 Å². The lowest BCUT2D eigenvalue weighted by atomic mass is 9.44. The highest BCUT2D eigenvalue weighted by Gasteiger charge is 2.46. The largest absolute Gasteiger partial charge is 0.375 e. The molecule has 0 atom stereocenters. The van der Waals surface area contributed by atoms with Gasteiger partial charge >= 0.3 is 13.7 Å². The lowest BCUT2D eigenvalue weighted by molar-refractivity contribution is 1.27. The highest BCUT2D eigenvalue weighted by Crippen LogP contribution is 2.53. The molecule has 22 rings (SSSR count). The lowest BCUT2D eigenvalue weighted by Crippen LogP contribution is -2.57. The topological polar surface area (TPSA) is 16.3 Å². The molecule has 0 spiro atoms. The van der Waals surface area contributed by atoms with E-state index in [9.17, 15) is 0 Å². The van der Waals surface area contributed by atoms with Gasteiger partial charge in [-0.05, 0) is 189 Å². The fourth-order valence-electron chi connectivity index (χ4n) is 16.9. The summed E-state index contributed by atoms with van der Waals surface area (Å²) in [6.07, 6.45) is 0. The number of thiophene rings is 2. The first kappa shape index (κ1) is 46.6. The molecule has 0 bridgehead atoms. The van der Waals surface area contributed by atoms with Crippen molar-refractivity contribution in [1.82, 2.24) is 8.96 Å². The van der Waals surface area contributed by atoms with E-state index in [0.717, 1.165) is 5.69 Å². The van der Waals surface area contributed by atoms with Crippen LogP contribution >= 0.6 is 22.7 Å². The van der Waals surface area contributed by atoms with Gasteiger partial charge in [-0.15, -0.1) is 22.7 Å². The van der Waals surface area contributed by atoms with Crippen molar-refractivity contribution in [3.05, 3.63) is 266 Å². The summed E-state index contributed by atoms with van der Waals surface area (Å²) in [7, 11) is 0. The highest BCUT2D eigenvalue weighted by atomic mass is 32.1. The van der Waals surface area contributed by atoms with Gasteiger partial charge in [0.2, 0.25) is 0 Å². The van der Waals surface area contributed by atoms with Gasteiger partial charge in [0, 0.05) is 97.7 Å². The van der Waals surface area contributed by atoms with Crippen LogP contribution in [0.25, 0.3) is 140 Å². The second-order valence-corrected chi connectivity index (χ2v) is 26.6. The molecule has 4 aromatic heterocycles. The van der Waals surface area contributed by atoms with Crippen molar-refractivity contribution >= 4 is 199 Å². The molecular formula is C80H44B2N4S2. The summed E-state index contributed by atoms with van der Waals surface area (Å²) in [5.41, 5.74) is 25.5. The van der Waals surface area contributed by atoms with Gasteiger partial charge in [-0.2, -0.15) is 0 Å². The van der Waals surface area contributed by atoms with Crippen molar-refractivity contribution in [2.75, 3.05) is 9.80 Å². The molecule has 88 heavy (non-hydrogen) atoms. The van der Waals surface area contributed by atoms with Crippen LogP contribution < -0.4 is 31.7 Å². The Morgan fingerprint density at radius 3 is 1.58 bits per heavy atom. The zero-order valence-corrected chi connectivity index (χ0v) is 48.8. The van der Waals surface area contributed by atoms with E-state index in [4.69, 9.17) is 0 Å². The van der Waals surface area contributed by atoms with Crippen molar-refractivity contribution in [2.24, 2.45) is 0 Å². The summed E-state index contributed by atoms with van der Waals surface area (Å²) in [6.45, 7) is -0.113. The third-order valence-electron chi connectivity index (χ3n) is 20.5. The summed E-state index contributed by atoms with van der Waals surface area (Å²) >= 11 is 3.69. The monoisotopic (exact) mass is 1150 g/mol. The van der Waals surface area contributed by atoms with Crippen LogP contribution in [-0.4, -0.2) is 22.7 Å². The Labute approximate surface area is 513 Å². The summed E-state index contributed by atoms with van der Waals surface area (Å²) in [5, 5.41) is 22.2. The number of aromatic nitrogens is 2. The highest BCUT2D eigenvalue weighted by molar-refractivity contribution is 7.18. The predicted molar refractivity (Wildman–Crippen MR) is 380 cm³/mol. The first-order valence-corrected chi connectivity index (χ1v) is 32.3. The van der Waals surface area contributed by atoms with E-state index in [1.165, 1.54) is 191 Å². The first-order valence-electron chi connectivity index (χ1n) is 30.5. The zero-order valence-electron chi connectivity index (χ0n) is 47.2. The maximum Gasteiger partial charge on any atom is 0.333 e. The van der Waals surface area contributed by atoms with Gasteiger partial charge in [-0.1, -0.05) is 164 Å². The number of anilines is 6. The van der Waals surface area contributed by atoms with E-state index in [1.807, 2.05) is 22.7 Å². The smallest absolute Gasteiger partial charge is 0.333 e. The third kappa shape index (κ3) is 5.88. The van der Waals surface area contributed by atoms with Gasteiger partial charge < -0.3 is 18.8 Å². The molecule has 0 saturated carbocycles. The molecule has 4 nitrogen and oxygen atoms in total. The maximum atomic E-state index is 2.72. The number of rotatable bonds is 3. The second kappa shape index (κ2) is 16.7. The average molecular weight is 1150 g/mol. The summed E-state index contributed by atoms with van der Waals surface area (Å²) < 4.78 is 8.00. The molecule has 402 valence electrons. The Morgan fingerprint density at radius 1 is 0.284 bits per heavy atom. The van der Waals surface area contributed by atoms with Crippen molar-refractivity contribution in [3.8, 4) is 33.4 Å². The Kier molecular flexibility index (Phi) is 8.83. The van der Waals surface area contributed by atoms with Crippen LogP contribution in [0.3, 0.4) is 0 Å². The van der Waals surface area contributed by atoms with Crippen LogP contribution in [0.1, 0.15) is 0 Å². The number of nitrogens with zero attached hydrogens (tertiary/aromatic N) is 4. The van der Waals surface area contributed by atoms with Crippen molar-refractivity contribution in [3.63, 3.8) is 0 Å². The molecule has 0 saturated heterocycles. The van der Waals surface area contributed by atoms with Crippen LogP contribution in [0.5, 0.6) is 0 Å². The van der Waals surface area contributed by atoms with Crippen LogP contribution in [0.2, 0.25) is 0 Å². The molecule has 14 aromatic carbocycles. The fourth-order valence-corrected chi connectivity index (χ4v) is 18.6. The van der Waals surface area contributed by atoms with E-state index < -0.39 is 0 Å². The molecule has 18 aromatic rings. The molecule has 8 heteroatoms. The minimum Gasteiger partial charge on any atom is -0.375 e. The van der Waals surface area contributed by atoms with Crippen molar-refractivity contribution in [1.29, 1.82) is 0 Å². The van der Waals surface area contributed by atoms with Gasteiger partial charge in [0.05, 0.1) is 11.4 Å². The Morgan fingerprint density at radius 2 is 0.830 bits per heavy atom. The van der Waals surface area contributed by atoms with Crippen LogP contribution in [-0.2, 0) is 0 Å². The molecule has 4 aliphatic rings. The Hall–Kier alpha value is -10.6. The number of fused-ring (bicyclic) bond motifs is 23.